The maximum absolute atomic E-state index is 12.0. The summed E-state index contributed by atoms with van der Waals surface area (Å²) in [5.74, 6) is -0.483. The van der Waals surface area contributed by atoms with Crippen molar-refractivity contribution in [2.45, 2.75) is 54.4 Å². The van der Waals surface area contributed by atoms with Gasteiger partial charge in [-0.2, -0.15) is 22.3 Å². The van der Waals surface area contributed by atoms with E-state index in [1.807, 2.05) is 0 Å². The van der Waals surface area contributed by atoms with Gasteiger partial charge in [0, 0.05) is 0 Å². The third-order valence-corrected chi connectivity index (χ3v) is 5.30. The van der Waals surface area contributed by atoms with Gasteiger partial charge in [0.1, 0.15) is 23.1 Å². The second-order valence-electron chi connectivity index (χ2n) is 7.72. The van der Waals surface area contributed by atoms with Crippen LogP contribution >= 0.6 is 0 Å². The van der Waals surface area contributed by atoms with Gasteiger partial charge >= 0.3 is 26.2 Å². The van der Waals surface area contributed by atoms with Crippen molar-refractivity contribution in [3.63, 3.8) is 0 Å². The van der Waals surface area contributed by atoms with Crippen molar-refractivity contribution in [3.8, 4) is 11.5 Å². The van der Waals surface area contributed by atoms with Crippen LogP contribution in [0.5, 0.6) is 11.5 Å². The average molecular weight is 530 g/mol. The van der Waals surface area contributed by atoms with Crippen molar-refractivity contribution < 1.29 is 45.2 Å². The number of allylic oxidation sites excluding steroid dienone is 8. The van der Waals surface area contributed by atoms with Crippen molar-refractivity contribution in [3.05, 3.63) is 106 Å². The number of phenols is 2. The summed E-state index contributed by atoms with van der Waals surface area (Å²) < 4.78 is 24.0. The van der Waals surface area contributed by atoms with Crippen molar-refractivity contribution in [2.75, 3.05) is 0 Å². The molecule has 4 rings (SSSR count). The smallest absolute Gasteiger partial charge is 0.508 e. The SMILES string of the molecule is CC1=[C-]CC(C)=C1C.CC1=[C-]CC(C)=C1C.Oc1ccc(F)cc1.Oc1ccc(F)cc1.[Zr+2]. The summed E-state index contributed by atoms with van der Waals surface area (Å²) >= 11 is 0. The molecule has 33 heavy (non-hydrogen) atoms. The van der Waals surface area contributed by atoms with E-state index in [2.05, 4.69) is 53.7 Å². The third kappa shape index (κ3) is 12.0. The molecule has 0 heterocycles. The number of halogens is 2. The molecule has 0 fully saturated rings. The van der Waals surface area contributed by atoms with E-state index in [0.717, 1.165) is 12.8 Å². The molecule has 174 valence electrons. The monoisotopic (exact) mass is 528 g/mol. The van der Waals surface area contributed by atoms with E-state index in [9.17, 15) is 8.78 Å². The van der Waals surface area contributed by atoms with Gasteiger partial charge in [0.25, 0.3) is 0 Å². The number of aromatic hydroxyl groups is 2. The quantitative estimate of drug-likeness (QED) is 0.339. The summed E-state index contributed by atoms with van der Waals surface area (Å²) in [5, 5.41) is 17.2. The average Bonchev–Trinajstić information content (AvgIpc) is 3.23. The standard InChI is InChI=1S/2C8H11.2C6H5FO.Zr/c2*1-6-4-5-7(2)8(6)3;2*7-5-1-3-6(8)4-2-5;/h2*4H2,1-3H3;2*1-4,8H;/q2*-1;;;+2. The fourth-order valence-corrected chi connectivity index (χ4v) is 2.58. The van der Waals surface area contributed by atoms with E-state index in [0.29, 0.717) is 0 Å². The van der Waals surface area contributed by atoms with Crippen LogP contribution in [0.25, 0.3) is 0 Å². The zero-order valence-electron chi connectivity index (χ0n) is 20.2. The first-order valence-corrected chi connectivity index (χ1v) is 10.4. The van der Waals surface area contributed by atoms with Gasteiger partial charge < -0.3 is 10.2 Å². The van der Waals surface area contributed by atoms with Crippen LogP contribution in [0.15, 0.2) is 82.0 Å². The number of rotatable bonds is 0. The van der Waals surface area contributed by atoms with Crippen LogP contribution in [-0.4, -0.2) is 10.2 Å². The van der Waals surface area contributed by atoms with E-state index in [-0.39, 0.29) is 49.3 Å². The van der Waals surface area contributed by atoms with Gasteiger partial charge in [0.05, 0.1) is 0 Å². The molecule has 2 aliphatic carbocycles. The van der Waals surface area contributed by atoms with E-state index in [1.54, 1.807) is 0 Å². The molecule has 0 aromatic heterocycles. The zero-order chi connectivity index (χ0) is 24.3. The summed E-state index contributed by atoms with van der Waals surface area (Å²) in [6.07, 6.45) is 8.63. The predicted molar refractivity (Wildman–Crippen MR) is 127 cm³/mol. The molecule has 5 heteroatoms. The minimum Gasteiger partial charge on any atom is -0.508 e. The molecule has 2 N–H and O–H groups in total. The molecule has 0 unspecified atom stereocenters. The Morgan fingerprint density at radius 3 is 0.970 bits per heavy atom. The van der Waals surface area contributed by atoms with Gasteiger partial charge in [0.15, 0.2) is 0 Å². The number of hydrogen-bond acceptors (Lipinski definition) is 2. The molecule has 2 aromatic carbocycles. The first-order valence-electron chi connectivity index (χ1n) is 10.4. The summed E-state index contributed by atoms with van der Waals surface area (Å²) in [7, 11) is 0. The molecule has 0 aliphatic heterocycles. The molecule has 2 aromatic rings. The van der Waals surface area contributed by atoms with E-state index < -0.39 is 0 Å². The molecule has 2 nitrogen and oxygen atoms in total. The molecular formula is C28H32F2O2Zr. The minimum absolute atomic E-state index is 0. The molecule has 0 amide bonds. The number of hydrogen-bond donors (Lipinski definition) is 2. The molecule has 0 saturated carbocycles. The molecule has 0 spiro atoms. The first-order chi connectivity index (χ1) is 15.0. The van der Waals surface area contributed by atoms with E-state index >= 15 is 0 Å². The van der Waals surface area contributed by atoms with E-state index in [1.165, 1.54) is 82.0 Å². The summed E-state index contributed by atoms with van der Waals surface area (Å²) in [4.78, 5) is 0. The predicted octanol–water partition coefficient (Wildman–Crippen LogP) is 8.01. The van der Waals surface area contributed by atoms with Crippen molar-refractivity contribution in [1.82, 2.24) is 0 Å². The van der Waals surface area contributed by atoms with Crippen LogP contribution in [0.3, 0.4) is 0 Å². The van der Waals surface area contributed by atoms with Gasteiger partial charge in [0.2, 0.25) is 0 Å². The maximum atomic E-state index is 12.0. The Hall–Kier alpha value is -2.26. The minimum atomic E-state index is -0.331. The Bertz CT molecular complexity index is 863. The zero-order valence-corrected chi connectivity index (χ0v) is 22.6. The van der Waals surface area contributed by atoms with Crippen molar-refractivity contribution in [2.24, 2.45) is 0 Å². The summed E-state index contributed by atoms with van der Waals surface area (Å²) in [6, 6.07) is 10.0. The molecular weight excluding hydrogens is 498 g/mol. The summed E-state index contributed by atoms with van der Waals surface area (Å²) in [6.45, 7) is 12.9. The second kappa shape index (κ2) is 15.6. The van der Waals surface area contributed by atoms with Crippen LogP contribution in [0.2, 0.25) is 0 Å². The van der Waals surface area contributed by atoms with Gasteiger partial charge in [-0.1, -0.05) is 27.7 Å². The fourth-order valence-electron chi connectivity index (χ4n) is 2.58. The van der Waals surface area contributed by atoms with Crippen molar-refractivity contribution in [1.29, 1.82) is 0 Å². The number of benzene rings is 2. The molecule has 2 aliphatic rings. The topological polar surface area (TPSA) is 40.5 Å². The Kier molecular flexibility index (Phi) is 14.5. The maximum Gasteiger partial charge on any atom is 2.00 e. The fraction of sp³-hybridized carbons (Fsp3) is 0.286. The Labute approximate surface area is 216 Å². The first kappa shape index (κ1) is 30.7. The second-order valence-corrected chi connectivity index (χ2v) is 7.72. The van der Waals surface area contributed by atoms with Crippen LogP contribution < -0.4 is 0 Å². The molecule has 0 atom stereocenters. The number of phenolic OH excluding ortho intramolecular Hbond substituents is 2. The Morgan fingerprint density at radius 2 is 0.848 bits per heavy atom. The van der Waals surface area contributed by atoms with Gasteiger partial charge in [-0.05, 0) is 48.5 Å². The van der Waals surface area contributed by atoms with Gasteiger partial charge in [-0.25, -0.2) is 19.9 Å². The third-order valence-electron chi connectivity index (χ3n) is 5.30. The largest absolute Gasteiger partial charge is 2.00 e. The Balaban J connectivity index is 0.000000410. The van der Waals surface area contributed by atoms with Crippen molar-refractivity contribution >= 4 is 0 Å². The molecule has 0 bridgehead atoms. The van der Waals surface area contributed by atoms with Crippen LogP contribution in [0.1, 0.15) is 54.4 Å². The van der Waals surface area contributed by atoms with Gasteiger partial charge in [-0.15, -0.1) is 26.7 Å². The normalized spacial score (nSPS) is 13.9. The van der Waals surface area contributed by atoms with Gasteiger partial charge in [-0.3, -0.25) is 12.2 Å². The van der Waals surface area contributed by atoms with Crippen LogP contribution in [-0.2, 0) is 26.2 Å². The molecule has 0 saturated heterocycles. The van der Waals surface area contributed by atoms with E-state index in [4.69, 9.17) is 10.2 Å². The van der Waals surface area contributed by atoms with Crippen LogP contribution in [0, 0.1) is 23.8 Å². The molecule has 0 radical (unpaired) electrons. The van der Waals surface area contributed by atoms with Crippen LogP contribution in [0.4, 0.5) is 8.78 Å². The Morgan fingerprint density at radius 1 is 0.576 bits per heavy atom. The summed E-state index contributed by atoms with van der Waals surface area (Å²) in [5.41, 5.74) is 8.49.